The van der Waals surface area contributed by atoms with Gasteiger partial charge in [-0.1, -0.05) is 13.0 Å². The number of β-amino-alcohol motifs (C(OH)–C–C–N with tert-alkyl or cyclic N) is 1. The number of nitrogens with one attached hydrogen (secondary N) is 1. The summed E-state index contributed by atoms with van der Waals surface area (Å²) < 4.78 is 7.15. The average molecular weight is 381 g/mol. The van der Waals surface area contributed by atoms with Crippen LogP contribution in [0.4, 0.5) is 11.5 Å². The van der Waals surface area contributed by atoms with Crippen LogP contribution in [0, 0.1) is 5.92 Å². The molecule has 1 saturated heterocycles. The van der Waals surface area contributed by atoms with E-state index in [4.69, 9.17) is 4.74 Å². The largest absolute Gasteiger partial charge is 0.497 e. The van der Waals surface area contributed by atoms with Crippen LogP contribution >= 0.6 is 0 Å². The molecule has 28 heavy (non-hydrogen) atoms. The van der Waals surface area contributed by atoms with Crippen LogP contribution in [0.5, 0.6) is 5.75 Å². The lowest BCUT2D eigenvalue weighted by atomic mass is 9.84. The maximum Gasteiger partial charge on any atom is 0.158 e. The van der Waals surface area contributed by atoms with Crippen molar-refractivity contribution in [1.29, 1.82) is 0 Å². The summed E-state index contributed by atoms with van der Waals surface area (Å²) in [5.74, 6) is 1.85. The van der Waals surface area contributed by atoms with E-state index in [2.05, 4.69) is 33.3 Å². The number of aromatic nitrogens is 3. The van der Waals surface area contributed by atoms with E-state index in [1.807, 2.05) is 41.9 Å². The van der Waals surface area contributed by atoms with Crippen molar-refractivity contribution in [2.45, 2.75) is 32.4 Å². The van der Waals surface area contributed by atoms with Gasteiger partial charge in [-0.3, -0.25) is 4.90 Å². The Labute approximate surface area is 165 Å². The second-order valence-electron chi connectivity index (χ2n) is 7.86. The molecular formula is C21H27N5O2. The Bertz CT molecular complexity index is 968. The van der Waals surface area contributed by atoms with Gasteiger partial charge in [0.25, 0.3) is 0 Å². The summed E-state index contributed by atoms with van der Waals surface area (Å²) in [4.78, 5) is 6.78. The Morgan fingerprint density at radius 1 is 1.36 bits per heavy atom. The number of hydrogen-bond acceptors (Lipinski definition) is 6. The van der Waals surface area contributed by atoms with E-state index in [0.717, 1.165) is 47.8 Å². The standard InChI is InChI=1S/C21H27N5O2/c1-15-7-9-25(13-21(15,2)27)12-16-8-10-26-19(16)20(22-14-23-26)24-17-5-4-6-18(11-17)28-3/h4-6,8,10-11,14-15,27H,7,9,12-13H2,1-3H3,(H,22,23,24)/t15-,21-/m1/s1. The van der Waals surface area contributed by atoms with Crippen LogP contribution in [-0.4, -0.2) is 50.4 Å². The van der Waals surface area contributed by atoms with Crippen LogP contribution in [0.25, 0.3) is 5.52 Å². The number of likely N-dealkylation sites (tertiary alicyclic amines) is 1. The van der Waals surface area contributed by atoms with Crippen molar-refractivity contribution < 1.29 is 9.84 Å². The molecule has 2 N–H and O–H groups in total. The van der Waals surface area contributed by atoms with Crippen LogP contribution in [0.15, 0.2) is 42.9 Å². The Hall–Kier alpha value is -2.64. The van der Waals surface area contributed by atoms with Crippen molar-refractivity contribution >= 4 is 17.0 Å². The summed E-state index contributed by atoms with van der Waals surface area (Å²) in [6.07, 6.45) is 4.49. The van der Waals surface area contributed by atoms with E-state index in [1.165, 1.54) is 0 Å². The summed E-state index contributed by atoms with van der Waals surface area (Å²) in [6, 6.07) is 9.84. The third-order valence-corrected chi connectivity index (χ3v) is 5.75. The molecule has 0 radical (unpaired) electrons. The van der Waals surface area contributed by atoms with E-state index in [9.17, 15) is 5.11 Å². The molecule has 2 aromatic heterocycles. The third-order valence-electron chi connectivity index (χ3n) is 5.75. The van der Waals surface area contributed by atoms with Crippen LogP contribution < -0.4 is 10.1 Å². The zero-order chi connectivity index (χ0) is 19.7. The van der Waals surface area contributed by atoms with E-state index >= 15 is 0 Å². The van der Waals surface area contributed by atoms with Gasteiger partial charge >= 0.3 is 0 Å². The topological polar surface area (TPSA) is 74.9 Å². The van der Waals surface area contributed by atoms with E-state index in [1.54, 1.807) is 13.4 Å². The van der Waals surface area contributed by atoms with Crippen LogP contribution in [0.2, 0.25) is 0 Å². The number of rotatable bonds is 5. The van der Waals surface area contributed by atoms with Crippen molar-refractivity contribution in [3.63, 3.8) is 0 Å². The van der Waals surface area contributed by atoms with Gasteiger partial charge in [0.2, 0.25) is 0 Å². The molecule has 1 aliphatic rings. The van der Waals surface area contributed by atoms with Crippen molar-refractivity contribution in [2.75, 3.05) is 25.5 Å². The number of piperidine rings is 1. The predicted molar refractivity (Wildman–Crippen MR) is 109 cm³/mol. The maximum absolute atomic E-state index is 10.7. The quantitative estimate of drug-likeness (QED) is 0.707. The highest BCUT2D eigenvalue weighted by atomic mass is 16.5. The SMILES string of the molecule is COc1cccc(Nc2ncnn3ccc(CN4CC[C@@H](C)[C@](C)(O)C4)c23)c1. The lowest BCUT2D eigenvalue weighted by Gasteiger charge is -2.41. The van der Waals surface area contributed by atoms with Gasteiger partial charge in [-0.05, 0) is 49.6 Å². The number of anilines is 2. The monoisotopic (exact) mass is 381 g/mol. The van der Waals surface area contributed by atoms with E-state index < -0.39 is 5.60 Å². The van der Waals surface area contributed by atoms with Gasteiger partial charge in [0, 0.05) is 31.0 Å². The van der Waals surface area contributed by atoms with Crippen molar-refractivity contribution in [2.24, 2.45) is 5.92 Å². The van der Waals surface area contributed by atoms with Gasteiger partial charge in [0.1, 0.15) is 17.6 Å². The first-order chi connectivity index (χ1) is 13.5. The molecule has 4 rings (SSSR count). The first-order valence-corrected chi connectivity index (χ1v) is 9.63. The maximum atomic E-state index is 10.7. The molecule has 0 amide bonds. The molecule has 0 bridgehead atoms. The molecule has 2 atom stereocenters. The summed E-state index contributed by atoms with van der Waals surface area (Å²) in [5.41, 5.74) is 2.33. The minimum atomic E-state index is -0.661. The van der Waals surface area contributed by atoms with Gasteiger partial charge in [0.05, 0.1) is 12.7 Å². The predicted octanol–water partition coefficient (Wildman–Crippen LogP) is 3.07. The Morgan fingerprint density at radius 2 is 2.21 bits per heavy atom. The Balaban J connectivity index is 1.62. The minimum Gasteiger partial charge on any atom is -0.497 e. The van der Waals surface area contributed by atoms with E-state index in [0.29, 0.717) is 12.5 Å². The molecule has 3 heterocycles. The second kappa shape index (κ2) is 7.41. The van der Waals surface area contributed by atoms with Gasteiger partial charge < -0.3 is 15.2 Å². The number of methoxy groups -OCH3 is 1. The van der Waals surface area contributed by atoms with Crippen LogP contribution in [-0.2, 0) is 6.54 Å². The summed E-state index contributed by atoms with van der Waals surface area (Å²) >= 11 is 0. The van der Waals surface area contributed by atoms with Gasteiger partial charge in [0.15, 0.2) is 5.82 Å². The zero-order valence-electron chi connectivity index (χ0n) is 16.6. The molecular weight excluding hydrogens is 354 g/mol. The summed E-state index contributed by atoms with van der Waals surface area (Å²) in [7, 11) is 1.65. The first-order valence-electron chi connectivity index (χ1n) is 9.63. The van der Waals surface area contributed by atoms with Crippen LogP contribution in [0.3, 0.4) is 0 Å². The molecule has 1 aliphatic heterocycles. The highest BCUT2D eigenvalue weighted by molar-refractivity contribution is 5.76. The molecule has 1 aromatic carbocycles. The fourth-order valence-corrected chi connectivity index (χ4v) is 3.83. The minimum absolute atomic E-state index is 0.308. The number of nitrogens with zero attached hydrogens (tertiary/aromatic N) is 4. The molecule has 0 spiro atoms. The van der Waals surface area contributed by atoms with Crippen molar-refractivity contribution in [3.05, 3.63) is 48.4 Å². The highest BCUT2D eigenvalue weighted by Gasteiger charge is 2.35. The number of aliphatic hydroxyl groups is 1. The number of benzene rings is 1. The Kier molecular flexibility index (Phi) is 4.95. The van der Waals surface area contributed by atoms with Gasteiger partial charge in [-0.15, -0.1) is 0 Å². The van der Waals surface area contributed by atoms with Gasteiger partial charge in [-0.2, -0.15) is 5.10 Å². The molecule has 0 aliphatic carbocycles. The molecule has 1 fully saturated rings. The fraction of sp³-hybridized carbons (Fsp3) is 0.429. The molecule has 148 valence electrons. The number of ether oxygens (including phenoxy) is 1. The second-order valence-corrected chi connectivity index (χ2v) is 7.86. The average Bonchev–Trinajstić information content (AvgIpc) is 3.08. The third kappa shape index (κ3) is 3.68. The Morgan fingerprint density at radius 3 is 3.00 bits per heavy atom. The normalized spacial score (nSPS) is 23.1. The number of fused-ring (bicyclic) bond motifs is 1. The molecule has 7 heteroatoms. The number of hydrogen-bond donors (Lipinski definition) is 2. The zero-order valence-corrected chi connectivity index (χ0v) is 16.6. The highest BCUT2D eigenvalue weighted by Crippen LogP contribution is 2.30. The molecule has 0 saturated carbocycles. The van der Waals surface area contributed by atoms with E-state index in [-0.39, 0.29) is 0 Å². The molecule has 7 nitrogen and oxygen atoms in total. The van der Waals surface area contributed by atoms with Crippen LogP contribution in [0.1, 0.15) is 25.8 Å². The van der Waals surface area contributed by atoms with Gasteiger partial charge in [-0.25, -0.2) is 9.50 Å². The summed E-state index contributed by atoms with van der Waals surface area (Å²) in [6.45, 7) is 6.44. The van der Waals surface area contributed by atoms with Crippen molar-refractivity contribution in [3.8, 4) is 5.75 Å². The first kappa shape index (κ1) is 18.7. The smallest absolute Gasteiger partial charge is 0.158 e. The lowest BCUT2D eigenvalue weighted by Crippen LogP contribution is -2.50. The van der Waals surface area contributed by atoms with Crippen molar-refractivity contribution in [1.82, 2.24) is 19.5 Å². The summed E-state index contributed by atoms with van der Waals surface area (Å²) in [5, 5.41) is 18.4. The fourth-order valence-electron chi connectivity index (χ4n) is 3.83. The lowest BCUT2D eigenvalue weighted by molar-refractivity contribution is -0.0586. The molecule has 0 unspecified atom stereocenters. The molecule has 3 aromatic rings.